The zero-order chi connectivity index (χ0) is 9.14. The van der Waals surface area contributed by atoms with E-state index in [0.29, 0.717) is 17.9 Å². The van der Waals surface area contributed by atoms with Crippen molar-refractivity contribution in [3.8, 4) is 0 Å². The number of carboxylic acids is 1. The molecule has 0 bridgehead atoms. The third kappa shape index (κ3) is 1.85. The van der Waals surface area contributed by atoms with Gasteiger partial charge in [0.2, 0.25) is 0 Å². The van der Waals surface area contributed by atoms with Gasteiger partial charge in [0.1, 0.15) is 0 Å². The molecule has 0 saturated carbocycles. The van der Waals surface area contributed by atoms with Gasteiger partial charge in [-0.2, -0.15) is 0 Å². The molecule has 0 radical (unpaired) electrons. The van der Waals surface area contributed by atoms with Gasteiger partial charge in [0.25, 0.3) is 0 Å². The molecule has 2 N–H and O–H groups in total. The highest BCUT2D eigenvalue weighted by molar-refractivity contribution is 5.88. The van der Waals surface area contributed by atoms with E-state index >= 15 is 0 Å². The van der Waals surface area contributed by atoms with E-state index in [1.165, 1.54) is 0 Å². The van der Waals surface area contributed by atoms with Gasteiger partial charge in [-0.05, 0) is 24.5 Å². The van der Waals surface area contributed by atoms with Gasteiger partial charge in [-0.1, -0.05) is 13.8 Å². The van der Waals surface area contributed by atoms with Gasteiger partial charge in [-0.25, -0.2) is 4.79 Å². The van der Waals surface area contributed by atoms with Gasteiger partial charge in [0.15, 0.2) is 0 Å². The molecule has 0 spiro atoms. The van der Waals surface area contributed by atoms with Crippen molar-refractivity contribution in [2.24, 2.45) is 5.92 Å². The van der Waals surface area contributed by atoms with Crippen LogP contribution in [-0.2, 0) is 4.79 Å². The monoisotopic (exact) mass is 169 g/mol. The highest BCUT2D eigenvalue weighted by atomic mass is 16.4. The molecule has 3 nitrogen and oxygen atoms in total. The third-order valence-corrected chi connectivity index (χ3v) is 2.21. The maximum Gasteiger partial charge on any atom is 0.331 e. The standard InChI is InChI=1S/C9H15NO2/c1-6(2)8-5-10-4-3-7(8)9(11)12/h6,10H,3-5H2,1-2H3,(H,11,12). The molecule has 68 valence electrons. The lowest BCUT2D eigenvalue weighted by atomic mass is 9.93. The second-order valence-electron chi connectivity index (χ2n) is 3.39. The quantitative estimate of drug-likeness (QED) is 0.648. The van der Waals surface area contributed by atoms with Crippen LogP contribution in [0.3, 0.4) is 0 Å². The topological polar surface area (TPSA) is 49.3 Å². The fraction of sp³-hybridized carbons (Fsp3) is 0.667. The average molecular weight is 169 g/mol. The Labute approximate surface area is 72.5 Å². The molecule has 0 amide bonds. The lowest BCUT2D eigenvalue weighted by molar-refractivity contribution is -0.133. The fourth-order valence-electron chi connectivity index (χ4n) is 1.50. The summed E-state index contributed by atoms with van der Waals surface area (Å²) in [6.45, 7) is 5.59. The molecular formula is C9H15NO2. The van der Waals surface area contributed by atoms with Crippen molar-refractivity contribution in [2.75, 3.05) is 13.1 Å². The van der Waals surface area contributed by atoms with Crippen molar-refractivity contribution in [1.29, 1.82) is 0 Å². The number of hydrogen-bond donors (Lipinski definition) is 2. The molecule has 3 heteroatoms. The van der Waals surface area contributed by atoms with Crippen LogP contribution in [0.1, 0.15) is 20.3 Å². The summed E-state index contributed by atoms with van der Waals surface area (Å²) in [7, 11) is 0. The van der Waals surface area contributed by atoms with Crippen molar-refractivity contribution in [3.05, 3.63) is 11.1 Å². The van der Waals surface area contributed by atoms with Gasteiger partial charge in [-0.3, -0.25) is 0 Å². The Balaban J connectivity index is 2.91. The van der Waals surface area contributed by atoms with Crippen molar-refractivity contribution in [1.82, 2.24) is 5.32 Å². The Bertz CT molecular complexity index is 219. The Morgan fingerprint density at radius 2 is 2.25 bits per heavy atom. The highest BCUT2D eigenvalue weighted by Gasteiger charge is 2.19. The smallest absolute Gasteiger partial charge is 0.331 e. The van der Waals surface area contributed by atoms with E-state index < -0.39 is 5.97 Å². The molecular weight excluding hydrogens is 154 g/mol. The second kappa shape index (κ2) is 3.72. The molecule has 1 aliphatic heterocycles. The number of hydrogen-bond acceptors (Lipinski definition) is 2. The number of carboxylic acid groups (broad SMARTS) is 1. The Morgan fingerprint density at radius 1 is 1.58 bits per heavy atom. The molecule has 0 unspecified atom stereocenters. The van der Waals surface area contributed by atoms with Crippen LogP contribution in [0.4, 0.5) is 0 Å². The second-order valence-corrected chi connectivity index (χ2v) is 3.39. The normalized spacial score (nSPS) is 18.6. The SMILES string of the molecule is CC(C)C1=C(C(=O)O)CCNC1. The minimum absolute atomic E-state index is 0.337. The summed E-state index contributed by atoms with van der Waals surface area (Å²) in [5.41, 5.74) is 1.66. The van der Waals surface area contributed by atoms with Crippen molar-refractivity contribution in [3.63, 3.8) is 0 Å². The van der Waals surface area contributed by atoms with Crippen LogP contribution in [0.5, 0.6) is 0 Å². The van der Waals surface area contributed by atoms with Crippen LogP contribution in [0.2, 0.25) is 0 Å². The summed E-state index contributed by atoms with van der Waals surface area (Å²) < 4.78 is 0. The van der Waals surface area contributed by atoms with Crippen LogP contribution >= 0.6 is 0 Å². The Hall–Kier alpha value is -0.830. The van der Waals surface area contributed by atoms with Crippen LogP contribution in [0.25, 0.3) is 0 Å². The van der Waals surface area contributed by atoms with Crippen LogP contribution in [-0.4, -0.2) is 24.2 Å². The van der Waals surface area contributed by atoms with E-state index in [1.54, 1.807) is 0 Å². The van der Waals surface area contributed by atoms with Gasteiger partial charge >= 0.3 is 5.97 Å². The van der Waals surface area contributed by atoms with E-state index in [0.717, 1.165) is 18.7 Å². The summed E-state index contributed by atoms with van der Waals surface area (Å²) >= 11 is 0. The van der Waals surface area contributed by atoms with Crippen LogP contribution in [0.15, 0.2) is 11.1 Å². The first-order valence-electron chi connectivity index (χ1n) is 4.29. The van der Waals surface area contributed by atoms with Crippen molar-refractivity contribution >= 4 is 5.97 Å². The molecule has 0 aromatic rings. The zero-order valence-corrected chi connectivity index (χ0v) is 7.55. The molecule has 1 heterocycles. The molecule has 1 rings (SSSR count). The maximum atomic E-state index is 10.8. The molecule has 12 heavy (non-hydrogen) atoms. The summed E-state index contributed by atoms with van der Waals surface area (Å²) in [5, 5.41) is 12.1. The lowest BCUT2D eigenvalue weighted by Crippen LogP contribution is -2.29. The van der Waals surface area contributed by atoms with Crippen LogP contribution in [0, 0.1) is 5.92 Å². The first-order valence-corrected chi connectivity index (χ1v) is 4.29. The maximum absolute atomic E-state index is 10.8. The Kier molecular flexibility index (Phi) is 2.87. The molecule has 0 atom stereocenters. The van der Waals surface area contributed by atoms with Gasteiger partial charge in [0.05, 0.1) is 0 Å². The lowest BCUT2D eigenvalue weighted by Gasteiger charge is -2.21. The van der Waals surface area contributed by atoms with Crippen LogP contribution < -0.4 is 5.32 Å². The summed E-state index contributed by atoms with van der Waals surface area (Å²) in [4.78, 5) is 10.8. The summed E-state index contributed by atoms with van der Waals surface area (Å²) in [6, 6.07) is 0. The van der Waals surface area contributed by atoms with Gasteiger partial charge in [0, 0.05) is 12.1 Å². The highest BCUT2D eigenvalue weighted by Crippen LogP contribution is 2.19. The molecule has 0 aliphatic carbocycles. The molecule has 1 aliphatic rings. The van der Waals surface area contributed by atoms with Gasteiger partial charge < -0.3 is 10.4 Å². The number of rotatable bonds is 2. The molecule has 0 aromatic heterocycles. The first kappa shape index (κ1) is 9.26. The van der Waals surface area contributed by atoms with Crippen molar-refractivity contribution in [2.45, 2.75) is 20.3 Å². The average Bonchev–Trinajstić information content (AvgIpc) is 2.04. The largest absolute Gasteiger partial charge is 0.478 e. The number of carbonyl (C=O) groups is 1. The first-order chi connectivity index (χ1) is 5.63. The van der Waals surface area contributed by atoms with E-state index in [9.17, 15) is 4.79 Å². The predicted octanol–water partition coefficient (Wildman–Crippen LogP) is 1.02. The van der Waals surface area contributed by atoms with E-state index in [-0.39, 0.29) is 0 Å². The van der Waals surface area contributed by atoms with E-state index in [1.807, 2.05) is 13.8 Å². The van der Waals surface area contributed by atoms with E-state index in [4.69, 9.17) is 5.11 Å². The number of aliphatic carboxylic acids is 1. The van der Waals surface area contributed by atoms with E-state index in [2.05, 4.69) is 5.32 Å². The zero-order valence-electron chi connectivity index (χ0n) is 7.55. The summed E-state index contributed by atoms with van der Waals surface area (Å²) in [5.74, 6) is -0.413. The molecule has 0 fully saturated rings. The molecule has 0 saturated heterocycles. The van der Waals surface area contributed by atoms with Gasteiger partial charge in [-0.15, -0.1) is 0 Å². The summed E-state index contributed by atoms with van der Waals surface area (Å²) in [6.07, 6.45) is 0.656. The number of nitrogens with one attached hydrogen (secondary N) is 1. The fourth-order valence-corrected chi connectivity index (χ4v) is 1.50. The minimum Gasteiger partial charge on any atom is -0.478 e. The Morgan fingerprint density at radius 3 is 2.67 bits per heavy atom. The predicted molar refractivity (Wildman–Crippen MR) is 47.0 cm³/mol. The third-order valence-electron chi connectivity index (χ3n) is 2.21. The molecule has 0 aromatic carbocycles. The minimum atomic E-state index is -0.750. The van der Waals surface area contributed by atoms with Crippen molar-refractivity contribution < 1.29 is 9.90 Å².